The first-order chi connectivity index (χ1) is 12.8. The van der Waals surface area contributed by atoms with Gasteiger partial charge >= 0.3 is 5.97 Å². The van der Waals surface area contributed by atoms with Crippen molar-refractivity contribution in [1.29, 1.82) is 0 Å². The molecule has 0 aromatic carbocycles. The highest BCUT2D eigenvalue weighted by atomic mass is 32.1. The fraction of sp³-hybridized carbons (Fsp3) is 0.579. The number of ether oxygens (including phenoxy) is 1. The van der Waals surface area contributed by atoms with Crippen molar-refractivity contribution in [2.45, 2.75) is 52.1 Å². The lowest BCUT2D eigenvalue weighted by Crippen LogP contribution is -2.42. The van der Waals surface area contributed by atoms with Gasteiger partial charge in [0.25, 0.3) is 11.8 Å². The molecule has 146 valence electrons. The third-order valence-corrected chi connectivity index (χ3v) is 5.39. The van der Waals surface area contributed by atoms with Crippen LogP contribution in [0.4, 0.5) is 0 Å². The average molecular weight is 391 g/mol. The molecule has 0 N–H and O–H groups in total. The molecule has 27 heavy (non-hydrogen) atoms. The molecule has 1 aliphatic heterocycles. The van der Waals surface area contributed by atoms with Gasteiger partial charge in [-0.05, 0) is 31.2 Å². The number of nitrogens with zero attached hydrogens (tertiary/aromatic N) is 3. The van der Waals surface area contributed by atoms with E-state index in [1.54, 1.807) is 17.9 Å². The first-order valence-electron chi connectivity index (χ1n) is 9.13. The van der Waals surface area contributed by atoms with Gasteiger partial charge < -0.3 is 14.2 Å². The zero-order valence-electron chi connectivity index (χ0n) is 16.1. The number of hydrogen-bond donors (Lipinski definition) is 0. The molecular weight excluding hydrogens is 366 g/mol. The number of amides is 1. The number of thiophene rings is 1. The Morgan fingerprint density at radius 3 is 2.81 bits per heavy atom. The maximum absolute atomic E-state index is 12.6. The van der Waals surface area contributed by atoms with Crippen LogP contribution >= 0.6 is 11.3 Å². The number of esters is 1. The summed E-state index contributed by atoms with van der Waals surface area (Å²) in [5.74, 6) is 0.167. The molecule has 0 spiro atoms. The summed E-state index contributed by atoms with van der Waals surface area (Å²) in [4.78, 5) is 31.9. The molecule has 8 heteroatoms. The van der Waals surface area contributed by atoms with Crippen molar-refractivity contribution in [3.8, 4) is 0 Å². The van der Waals surface area contributed by atoms with Gasteiger partial charge in [-0.15, -0.1) is 11.3 Å². The van der Waals surface area contributed by atoms with Gasteiger partial charge in [0.1, 0.15) is 0 Å². The van der Waals surface area contributed by atoms with Crippen molar-refractivity contribution in [2.75, 3.05) is 13.1 Å². The molecule has 2 aromatic heterocycles. The fourth-order valence-corrected chi connectivity index (χ4v) is 3.63. The lowest BCUT2D eigenvalue weighted by molar-refractivity contribution is -0.156. The van der Waals surface area contributed by atoms with E-state index in [9.17, 15) is 9.59 Å². The Hall–Kier alpha value is -2.22. The monoisotopic (exact) mass is 391 g/mol. The number of hydrogen-bond acceptors (Lipinski definition) is 7. The van der Waals surface area contributed by atoms with Crippen molar-refractivity contribution < 1.29 is 18.8 Å². The SMILES string of the molecule is CC(OC(=O)C1CCCN(C(=O)c2cccs2)C1)c1nc(C(C)(C)C)no1. The lowest BCUT2D eigenvalue weighted by atomic mass is 9.96. The normalized spacial score (nSPS) is 19.0. The fourth-order valence-electron chi connectivity index (χ4n) is 2.94. The number of piperidine rings is 1. The molecule has 2 atom stereocenters. The highest BCUT2D eigenvalue weighted by Crippen LogP contribution is 2.26. The molecule has 2 unspecified atom stereocenters. The van der Waals surface area contributed by atoms with Crippen molar-refractivity contribution >= 4 is 23.2 Å². The number of carbonyl (C=O) groups is 2. The number of rotatable bonds is 4. The van der Waals surface area contributed by atoms with Crippen LogP contribution in [0.25, 0.3) is 0 Å². The highest BCUT2D eigenvalue weighted by Gasteiger charge is 2.32. The molecule has 2 aromatic rings. The van der Waals surface area contributed by atoms with Gasteiger partial charge in [-0.3, -0.25) is 9.59 Å². The Balaban J connectivity index is 1.60. The molecule has 1 amide bonds. The van der Waals surface area contributed by atoms with Crippen LogP contribution in [0.5, 0.6) is 0 Å². The van der Waals surface area contributed by atoms with Crippen LogP contribution in [0.1, 0.15) is 68.0 Å². The minimum absolute atomic E-state index is 0.0257. The molecule has 0 aliphatic carbocycles. The van der Waals surface area contributed by atoms with E-state index in [-0.39, 0.29) is 29.1 Å². The molecule has 0 bridgehead atoms. The third-order valence-electron chi connectivity index (χ3n) is 4.53. The van der Waals surface area contributed by atoms with E-state index >= 15 is 0 Å². The summed E-state index contributed by atoms with van der Waals surface area (Å²) in [7, 11) is 0. The molecule has 0 saturated carbocycles. The van der Waals surface area contributed by atoms with E-state index in [0.29, 0.717) is 30.2 Å². The Bertz CT molecular complexity index is 794. The minimum atomic E-state index is -0.621. The van der Waals surface area contributed by atoms with Crippen LogP contribution in [0.15, 0.2) is 22.0 Å². The lowest BCUT2D eigenvalue weighted by Gasteiger charge is -2.31. The quantitative estimate of drug-likeness (QED) is 0.741. The second kappa shape index (κ2) is 7.80. The van der Waals surface area contributed by atoms with Crippen molar-refractivity contribution in [3.63, 3.8) is 0 Å². The van der Waals surface area contributed by atoms with Crippen LogP contribution in [-0.2, 0) is 14.9 Å². The van der Waals surface area contributed by atoms with Crippen molar-refractivity contribution in [3.05, 3.63) is 34.1 Å². The van der Waals surface area contributed by atoms with E-state index in [1.165, 1.54) is 11.3 Å². The zero-order chi connectivity index (χ0) is 19.6. The molecule has 1 aliphatic rings. The predicted octanol–water partition coefficient (Wildman–Crippen LogP) is 3.59. The zero-order valence-corrected chi connectivity index (χ0v) is 16.9. The van der Waals surface area contributed by atoms with Crippen LogP contribution in [-0.4, -0.2) is 40.0 Å². The molecular formula is C19H25N3O4S. The average Bonchev–Trinajstić information content (AvgIpc) is 3.32. The first kappa shape index (κ1) is 19.5. The summed E-state index contributed by atoms with van der Waals surface area (Å²) < 4.78 is 10.8. The summed E-state index contributed by atoms with van der Waals surface area (Å²) in [6.07, 6.45) is 0.862. The van der Waals surface area contributed by atoms with Gasteiger partial charge in [-0.2, -0.15) is 4.98 Å². The van der Waals surface area contributed by atoms with Gasteiger partial charge in [0, 0.05) is 18.5 Å². The summed E-state index contributed by atoms with van der Waals surface area (Å²) in [6, 6.07) is 3.66. The molecule has 1 saturated heterocycles. The Labute approximate surface area is 162 Å². The second-order valence-electron chi connectivity index (χ2n) is 7.85. The highest BCUT2D eigenvalue weighted by molar-refractivity contribution is 7.12. The van der Waals surface area contributed by atoms with Gasteiger partial charge in [0.2, 0.25) is 0 Å². The minimum Gasteiger partial charge on any atom is -0.452 e. The summed E-state index contributed by atoms with van der Waals surface area (Å²) in [6.45, 7) is 8.71. The molecule has 3 heterocycles. The van der Waals surface area contributed by atoms with E-state index in [0.717, 1.165) is 6.42 Å². The van der Waals surface area contributed by atoms with Crippen LogP contribution in [0.3, 0.4) is 0 Å². The Morgan fingerprint density at radius 2 is 2.19 bits per heavy atom. The smallest absolute Gasteiger partial charge is 0.311 e. The Kier molecular flexibility index (Phi) is 5.64. The van der Waals surface area contributed by atoms with Crippen LogP contribution in [0, 0.1) is 5.92 Å². The maximum atomic E-state index is 12.6. The standard InChI is InChI=1S/C19H25N3O4S/c1-12(15-20-18(21-26-15)19(2,3)4)25-17(24)13-7-5-9-22(11-13)16(23)14-8-6-10-27-14/h6,8,10,12-13H,5,7,9,11H2,1-4H3. The van der Waals surface area contributed by atoms with Gasteiger partial charge in [-0.1, -0.05) is 32.0 Å². The molecule has 1 fully saturated rings. The molecule has 3 rings (SSSR count). The molecule has 0 radical (unpaired) electrons. The van der Waals surface area contributed by atoms with Crippen molar-refractivity contribution in [1.82, 2.24) is 15.0 Å². The Morgan fingerprint density at radius 1 is 1.41 bits per heavy atom. The van der Waals surface area contributed by atoms with E-state index in [1.807, 2.05) is 32.2 Å². The second-order valence-corrected chi connectivity index (χ2v) is 8.80. The summed E-state index contributed by atoms with van der Waals surface area (Å²) in [5.41, 5.74) is -0.239. The van der Waals surface area contributed by atoms with Crippen LogP contribution < -0.4 is 0 Å². The van der Waals surface area contributed by atoms with E-state index in [4.69, 9.17) is 9.26 Å². The van der Waals surface area contributed by atoms with Crippen LogP contribution in [0.2, 0.25) is 0 Å². The maximum Gasteiger partial charge on any atom is 0.311 e. The molecule has 7 nitrogen and oxygen atoms in total. The third kappa shape index (κ3) is 4.55. The van der Waals surface area contributed by atoms with Crippen molar-refractivity contribution in [2.24, 2.45) is 5.92 Å². The van der Waals surface area contributed by atoms with Gasteiger partial charge in [0.15, 0.2) is 11.9 Å². The first-order valence-corrected chi connectivity index (χ1v) is 10.0. The van der Waals surface area contributed by atoms with Gasteiger partial charge in [0.05, 0.1) is 10.8 Å². The van der Waals surface area contributed by atoms with Gasteiger partial charge in [-0.25, -0.2) is 0 Å². The number of likely N-dealkylation sites (tertiary alicyclic amines) is 1. The number of carbonyl (C=O) groups excluding carboxylic acids is 2. The topological polar surface area (TPSA) is 85.5 Å². The largest absolute Gasteiger partial charge is 0.452 e. The predicted molar refractivity (Wildman–Crippen MR) is 100 cm³/mol. The van der Waals surface area contributed by atoms with E-state index < -0.39 is 6.10 Å². The van der Waals surface area contributed by atoms with E-state index in [2.05, 4.69) is 10.1 Å². The number of aromatic nitrogens is 2. The summed E-state index contributed by atoms with van der Waals surface area (Å²) in [5, 5.41) is 5.84. The summed E-state index contributed by atoms with van der Waals surface area (Å²) >= 11 is 1.41.